The van der Waals surface area contributed by atoms with Gasteiger partial charge in [0.15, 0.2) is 17.0 Å². The lowest BCUT2D eigenvalue weighted by atomic mass is 10.2. The van der Waals surface area contributed by atoms with Gasteiger partial charge < -0.3 is 20.8 Å². The zero-order valence-corrected chi connectivity index (χ0v) is 16.3. The van der Waals surface area contributed by atoms with Crippen molar-refractivity contribution in [3.8, 4) is 0 Å². The van der Waals surface area contributed by atoms with E-state index < -0.39 is 12.1 Å². The maximum atomic E-state index is 11.3. The van der Waals surface area contributed by atoms with Crippen molar-refractivity contribution in [3.63, 3.8) is 0 Å². The van der Waals surface area contributed by atoms with Crippen LogP contribution in [-0.4, -0.2) is 53.8 Å². The number of carboxylic acids is 1. The summed E-state index contributed by atoms with van der Waals surface area (Å²) in [7, 11) is 0. The maximum absolute atomic E-state index is 11.3. The Bertz CT molecular complexity index is 1020. The molecule has 148 valence electrons. The molecule has 2 heterocycles. The molecule has 0 spiro atoms. The van der Waals surface area contributed by atoms with Gasteiger partial charge in [0.1, 0.15) is 0 Å². The minimum Gasteiger partial charge on any atom is -0.478 e. The smallest absolute Gasteiger partial charge is 0.337 e. The van der Waals surface area contributed by atoms with Crippen molar-refractivity contribution in [2.75, 3.05) is 17.2 Å². The standard InChI is InChI=1S/C17H20ClN7O3/c1-8(2)25-15-13(23-24-25)14(21-17(22-15)19-7-9(3)26)20-10-4-5-12(18)11(6-10)16(27)28/h4-6,8-9,26H,7H2,1-3H3,(H,27,28)(H2,19,20,21,22). The molecule has 0 aliphatic heterocycles. The highest BCUT2D eigenvalue weighted by Crippen LogP contribution is 2.27. The first kappa shape index (κ1) is 19.8. The summed E-state index contributed by atoms with van der Waals surface area (Å²) < 4.78 is 1.65. The van der Waals surface area contributed by atoms with Crippen LogP contribution in [-0.2, 0) is 0 Å². The molecule has 1 atom stereocenters. The predicted molar refractivity (Wildman–Crippen MR) is 105 cm³/mol. The van der Waals surface area contributed by atoms with E-state index in [9.17, 15) is 15.0 Å². The molecular formula is C17H20ClN7O3. The molecule has 3 aromatic rings. The molecule has 3 rings (SSSR count). The quantitative estimate of drug-likeness (QED) is 0.467. The SMILES string of the molecule is CC(O)CNc1nc(Nc2ccc(Cl)c(C(=O)O)c2)c2nnn(C(C)C)c2n1. The maximum Gasteiger partial charge on any atom is 0.337 e. The predicted octanol–water partition coefficient (Wildman–Crippen LogP) is 2.69. The number of fused-ring (bicyclic) bond motifs is 1. The van der Waals surface area contributed by atoms with Gasteiger partial charge in [-0.15, -0.1) is 5.10 Å². The van der Waals surface area contributed by atoms with E-state index >= 15 is 0 Å². The van der Waals surface area contributed by atoms with Crippen LogP contribution in [0.1, 0.15) is 37.2 Å². The van der Waals surface area contributed by atoms with Gasteiger partial charge in [-0.2, -0.15) is 9.97 Å². The third-order valence-electron chi connectivity index (χ3n) is 3.83. The van der Waals surface area contributed by atoms with Gasteiger partial charge in [-0.3, -0.25) is 0 Å². The van der Waals surface area contributed by atoms with Crippen LogP contribution in [0.2, 0.25) is 5.02 Å². The fraction of sp³-hybridized carbons (Fsp3) is 0.353. The molecule has 0 fully saturated rings. The number of aromatic nitrogens is 5. The summed E-state index contributed by atoms with van der Waals surface area (Å²) in [5.41, 5.74) is 1.38. The Balaban J connectivity index is 2.06. The van der Waals surface area contributed by atoms with E-state index in [4.69, 9.17) is 11.6 Å². The van der Waals surface area contributed by atoms with Gasteiger partial charge in [0.05, 0.1) is 22.7 Å². The zero-order valence-electron chi connectivity index (χ0n) is 15.5. The third-order valence-corrected chi connectivity index (χ3v) is 4.16. The van der Waals surface area contributed by atoms with Crippen molar-refractivity contribution in [2.24, 2.45) is 0 Å². The van der Waals surface area contributed by atoms with Crippen LogP contribution < -0.4 is 10.6 Å². The second-order valence-electron chi connectivity index (χ2n) is 6.55. The van der Waals surface area contributed by atoms with Crippen LogP contribution in [0.3, 0.4) is 0 Å². The average Bonchev–Trinajstić information content (AvgIpc) is 3.05. The largest absolute Gasteiger partial charge is 0.478 e. The fourth-order valence-corrected chi connectivity index (χ4v) is 2.69. The number of nitrogens with one attached hydrogen (secondary N) is 2. The molecule has 0 aliphatic rings. The number of anilines is 3. The summed E-state index contributed by atoms with van der Waals surface area (Å²) in [5.74, 6) is -0.497. The first-order valence-electron chi connectivity index (χ1n) is 8.61. The van der Waals surface area contributed by atoms with Crippen LogP contribution in [0.5, 0.6) is 0 Å². The Morgan fingerprint density at radius 2 is 2.04 bits per heavy atom. The summed E-state index contributed by atoms with van der Waals surface area (Å²) in [4.78, 5) is 20.2. The van der Waals surface area contributed by atoms with Crippen LogP contribution >= 0.6 is 11.6 Å². The summed E-state index contributed by atoms with van der Waals surface area (Å²) >= 11 is 5.93. The van der Waals surface area contributed by atoms with E-state index in [1.165, 1.54) is 12.1 Å². The van der Waals surface area contributed by atoms with Crippen molar-refractivity contribution in [1.82, 2.24) is 25.0 Å². The molecule has 28 heavy (non-hydrogen) atoms. The van der Waals surface area contributed by atoms with Crippen molar-refractivity contribution in [3.05, 3.63) is 28.8 Å². The Labute approximate surface area is 165 Å². The van der Waals surface area contributed by atoms with Crippen LogP contribution in [0, 0.1) is 0 Å². The zero-order chi connectivity index (χ0) is 20.4. The summed E-state index contributed by atoms with van der Waals surface area (Å²) in [6.45, 7) is 5.80. The molecule has 0 radical (unpaired) electrons. The number of aliphatic hydroxyl groups excluding tert-OH is 1. The molecule has 0 amide bonds. The molecule has 0 bridgehead atoms. The van der Waals surface area contributed by atoms with E-state index in [-0.39, 0.29) is 29.1 Å². The van der Waals surface area contributed by atoms with Gasteiger partial charge in [-0.05, 0) is 39.0 Å². The summed E-state index contributed by atoms with van der Waals surface area (Å²) in [5, 5.41) is 33.2. The number of hydrogen-bond acceptors (Lipinski definition) is 8. The number of benzene rings is 1. The Morgan fingerprint density at radius 3 is 2.68 bits per heavy atom. The number of rotatable bonds is 7. The highest BCUT2D eigenvalue weighted by atomic mass is 35.5. The number of nitrogens with zero attached hydrogens (tertiary/aromatic N) is 5. The molecule has 2 aromatic heterocycles. The number of aromatic carboxylic acids is 1. The molecule has 1 aromatic carbocycles. The average molecular weight is 406 g/mol. The Hall–Kier alpha value is -2.98. The highest BCUT2D eigenvalue weighted by molar-refractivity contribution is 6.33. The van der Waals surface area contributed by atoms with Gasteiger partial charge in [0, 0.05) is 12.2 Å². The number of carbonyl (C=O) groups is 1. The molecule has 0 aliphatic carbocycles. The van der Waals surface area contributed by atoms with E-state index in [2.05, 4.69) is 30.9 Å². The number of carboxylic acid groups (broad SMARTS) is 1. The molecule has 10 nitrogen and oxygen atoms in total. The lowest BCUT2D eigenvalue weighted by molar-refractivity contribution is 0.0697. The minimum absolute atomic E-state index is 0.0199. The number of aliphatic hydroxyl groups is 1. The normalized spacial score (nSPS) is 12.4. The first-order chi connectivity index (χ1) is 13.3. The lowest BCUT2D eigenvalue weighted by Crippen LogP contribution is -2.17. The van der Waals surface area contributed by atoms with Gasteiger partial charge in [-0.1, -0.05) is 16.8 Å². The Morgan fingerprint density at radius 1 is 1.29 bits per heavy atom. The van der Waals surface area contributed by atoms with Crippen LogP contribution in [0.15, 0.2) is 18.2 Å². The van der Waals surface area contributed by atoms with E-state index in [1.54, 1.807) is 17.7 Å². The van der Waals surface area contributed by atoms with Crippen molar-refractivity contribution in [2.45, 2.75) is 32.9 Å². The van der Waals surface area contributed by atoms with Crippen LogP contribution in [0.4, 0.5) is 17.5 Å². The second-order valence-corrected chi connectivity index (χ2v) is 6.96. The van der Waals surface area contributed by atoms with E-state index in [0.717, 1.165) is 0 Å². The van der Waals surface area contributed by atoms with Crippen molar-refractivity contribution >= 4 is 46.2 Å². The molecule has 11 heteroatoms. The monoisotopic (exact) mass is 405 g/mol. The number of hydrogen-bond donors (Lipinski definition) is 4. The number of halogens is 1. The molecular weight excluding hydrogens is 386 g/mol. The molecule has 1 unspecified atom stereocenters. The highest BCUT2D eigenvalue weighted by Gasteiger charge is 2.18. The van der Waals surface area contributed by atoms with Gasteiger partial charge >= 0.3 is 5.97 Å². The topological polar surface area (TPSA) is 138 Å². The van der Waals surface area contributed by atoms with Crippen LogP contribution in [0.25, 0.3) is 11.2 Å². The van der Waals surface area contributed by atoms with Gasteiger partial charge in [0.2, 0.25) is 5.95 Å². The third kappa shape index (κ3) is 4.12. The summed E-state index contributed by atoms with van der Waals surface area (Å²) in [6, 6.07) is 4.56. The second kappa shape index (κ2) is 7.95. The van der Waals surface area contributed by atoms with Crippen molar-refractivity contribution < 1.29 is 15.0 Å². The van der Waals surface area contributed by atoms with E-state index in [1.807, 2.05) is 13.8 Å². The molecule has 0 saturated heterocycles. The van der Waals surface area contributed by atoms with Gasteiger partial charge in [-0.25, -0.2) is 9.48 Å². The Kier molecular flexibility index (Phi) is 5.61. The summed E-state index contributed by atoms with van der Waals surface area (Å²) in [6.07, 6.45) is -0.585. The molecule has 0 saturated carbocycles. The van der Waals surface area contributed by atoms with E-state index in [0.29, 0.717) is 22.7 Å². The first-order valence-corrected chi connectivity index (χ1v) is 8.98. The molecule has 4 N–H and O–H groups in total. The minimum atomic E-state index is -1.13. The van der Waals surface area contributed by atoms with Crippen molar-refractivity contribution in [1.29, 1.82) is 0 Å². The van der Waals surface area contributed by atoms with Gasteiger partial charge in [0.25, 0.3) is 0 Å². The fourth-order valence-electron chi connectivity index (χ4n) is 2.49. The lowest BCUT2D eigenvalue weighted by Gasteiger charge is -2.12.